The SMILES string of the molecule is COC(=O)c1ccc(CNC(=O)c2cc(C)on2)cc1. The number of esters is 1. The van der Waals surface area contributed by atoms with Crippen molar-refractivity contribution in [2.45, 2.75) is 13.5 Å². The minimum atomic E-state index is -0.390. The van der Waals surface area contributed by atoms with Crippen molar-refractivity contribution >= 4 is 11.9 Å². The van der Waals surface area contributed by atoms with Crippen molar-refractivity contribution in [1.29, 1.82) is 0 Å². The average molecular weight is 274 g/mol. The molecule has 2 rings (SSSR count). The zero-order valence-corrected chi connectivity index (χ0v) is 11.2. The highest BCUT2D eigenvalue weighted by atomic mass is 16.5. The lowest BCUT2D eigenvalue weighted by atomic mass is 10.1. The van der Waals surface area contributed by atoms with Crippen LogP contribution in [-0.2, 0) is 11.3 Å². The second kappa shape index (κ2) is 6.01. The molecule has 1 aromatic heterocycles. The quantitative estimate of drug-likeness (QED) is 0.858. The molecule has 1 heterocycles. The first kappa shape index (κ1) is 13.8. The Kier molecular flexibility index (Phi) is 4.14. The van der Waals surface area contributed by atoms with Crippen molar-refractivity contribution in [3.63, 3.8) is 0 Å². The Morgan fingerprint density at radius 2 is 2.00 bits per heavy atom. The average Bonchev–Trinajstić information content (AvgIpc) is 2.91. The number of hydrogen-bond donors (Lipinski definition) is 1. The molecule has 6 nitrogen and oxygen atoms in total. The molecule has 104 valence electrons. The molecule has 1 aromatic carbocycles. The summed E-state index contributed by atoms with van der Waals surface area (Å²) in [5.74, 6) is -0.116. The molecule has 0 bridgehead atoms. The fraction of sp³-hybridized carbons (Fsp3) is 0.214. The number of carbonyl (C=O) groups is 2. The first-order chi connectivity index (χ1) is 9.60. The maximum absolute atomic E-state index is 11.7. The topological polar surface area (TPSA) is 81.4 Å². The lowest BCUT2D eigenvalue weighted by molar-refractivity contribution is 0.0600. The van der Waals surface area contributed by atoms with Crippen LogP contribution < -0.4 is 5.32 Å². The summed E-state index contributed by atoms with van der Waals surface area (Å²) in [4.78, 5) is 23.0. The summed E-state index contributed by atoms with van der Waals surface area (Å²) in [5.41, 5.74) is 1.58. The van der Waals surface area contributed by atoms with Gasteiger partial charge in [0.15, 0.2) is 5.69 Å². The highest BCUT2D eigenvalue weighted by Crippen LogP contribution is 2.06. The summed E-state index contributed by atoms with van der Waals surface area (Å²) < 4.78 is 9.44. The number of nitrogens with zero attached hydrogens (tertiary/aromatic N) is 1. The van der Waals surface area contributed by atoms with E-state index in [0.717, 1.165) is 5.56 Å². The van der Waals surface area contributed by atoms with Gasteiger partial charge in [0.05, 0.1) is 12.7 Å². The Labute approximate surface area is 115 Å². The number of methoxy groups -OCH3 is 1. The molecular weight excluding hydrogens is 260 g/mol. The van der Waals surface area contributed by atoms with Gasteiger partial charge >= 0.3 is 5.97 Å². The molecule has 1 N–H and O–H groups in total. The van der Waals surface area contributed by atoms with E-state index in [-0.39, 0.29) is 11.6 Å². The number of aryl methyl sites for hydroxylation is 1. The molecule has 0 atom stereocenters. The lowest BCUT2D eigenvalue weighted by Gasteiger charge is -2.04. The maximum atomic E-state index is 11.7. The third kappa shape index (κ3) is 3.23. The molecule has 0 aliphatic carbocycles. The maximum Gasteiger partial charge on any atom is 0.337 e. The van der Waals surface area contributed by atoms with Gasteiger partial charge in [0.1, 0.15) is 5.76 Å². The predicted molar refractivity (Wildman–Crippen MR) is 70.2 cm³/mol. The number of benzene rings is 1. The Hall–Kier alpha value is -2.63. The third-order valence-corrected chi connectivity index (χ3v) is 2.69. The van der Waals surface area contributed by atoms with Crippen molar-refractivity contribution in [3.05, 3.63) is 52.9 Å². The van der Waals surface area contributed by atoms with Crippen molar-refractivity contribution < 1.29 is 18.8 Å². The van der Waals surface area contributed by atoms with E-state index < -0.39 is 5.97 Å². The molecule has 0 spiro atoms. The molecule has 0 saturated heterocycles. The van der Waals surface area contributed by atoms with Gasteiger partial charge in [-0.1, -0.05) is 17.3 Å². The number of aromatic nitrogens is 1. The first-order valence-corrected chi connectivity index (χ1v) is 5.99. The molecule has 6 heteroatoms. The smallest absolute Gasteiger partial charge is 0.337 e. The number of hydrogen-bond acceptors (Lipinski definition) is 5. The summed E-state index contributed by atoms with van der Waals surface area (Å²) in [6.07, 6.45) is 0. The van der Waals surface area contributed by atoms with E-state index in [0.29, 0.717) is 17.9 Å². The standard InChI is InChI=1S/C14H14N2O4/c1-9-7-12(16-20-9)13(17)15-8-10-3-5-11(6-4-10)14(18)19-2/h3-7H,8H2,1-2H3,(H,15,17). The molecule has 0 saturated carbocycles. The lowest BCUT2D eigenvalue weighted by Crippen LogP contribution is -2.23. The van der Waals surface area contributed by atoms with Gasteiger partial charge in [0.25, 0.3) is 5.91 Å². The number of amides is 1. The highest BCUT2D eigenvalue weighted by molar-refractivity contribution is 5.92. The van der Waals surface area contributed by atoms with Crippen LogP contribution in [0.25, 0.3) is 0 Å². The predicted octanol–water partition coefficient (Wildman–Crippen LogP) is 1.70. The van der Waals surface area contributed by atoms with Gasteiger partial charge in [-0.3, -0.25) is 4.79 Å². The summed E-state index contributed by atoms with van der Waals surface area (Å²) in [6, 6.07) is 8.36. The zero-order chi connectivity index (χ0) is 14.5. The van der Waals surface area contributed by atoms with Gasteiger partial charge in [-0.05, 0) is 24.6 Å². The number of carbonyl (C=O) groups excluding carboxylic acids is 2. The highest BCUT2D eigenvalue weighted by Gasteiger charge is 2.10. The van der Waals surface area contributed by atoms with E-state index in [4.69, 9.17) is 4.52 Å². The van der Waals surface area contributed by atoms with Gasteiger partial charge in [0, 0.05) is 12.6 Å². The minimum Gasteiger partial charge on any atom is -0.465 e. The van der Waals surface area contributed by atoms with Crippen molar-refractivity contribution in [2.75, 3.05) is 7.11 Å². The fourth-order valence-electron chi connectivity index (χ4n) is 1.62. The fourth-order valence-corrected chi connectivity index (χ4v) is 1.62. The van der Waals surface area contributed by atoms with E-state index in [1.165, 1.54) is 7.11 Å². The van der Waals surface area contributed by atoms with Crippen LogP contribution in [0.15, 0.2) is 34.9 Å². The van der Waals surface area contributed by atoms with E-state index >= 15 is 0 Å². The van der Waals surface area contributed by atoms with Gasteiger partial charge in [-0.15, -0.1) is 0 Å². The summed E-state index contributed by atoms with van der Waals surface area (Å²) in [7, 11) is 1.33. The van der Waals surface area contributed by atoms with Crippen LogP contribution in [0.2, 0.25) is 0 Å². The minimum absolute atomic E-state index is 0.244. The van der Waals surface area contributed by atoms with Crippen molar-refractivity contribution in [2.24, 2.45) is 0 Å². The summed E-state index contributed by atoms with van der Waals surface area (Å²) in [5, 5.41) is 6.34. The second-order valence-electron chi connectivity index (χ2n) is 4.19. The van der Waals surface area contributed by atoms with Crippen molar-refractivity contribution in [1.82, 2.24) is 10.5 Å². The van der Waals surface area contributed by atoms with Crippen LogP contribution in [0.1, 0.15) is 32.2 Å². The van der Waals surface area contributed by atoms with E-state index in [2.05, 4.69) is 15.2 Å². The molecule has 0 fully saturated rings. The number of ether oxygens (including phenoxy) is 1. The molecule has 0 radical (unpaired) electrons. The van der Waals surface area contributed by atoms with E-state index in [1.807, 2.05) is 0 Å². The molecule has 2 aromatic rings. The van der Waals surface area contributed by atoms with E-state index in [9.17, 15) is 9.59 Å². The van der Waals surface area contributed by atoms with Crippen LogP contribution in [-0.4, -0.2) is 24.1 Å². The van der Waals surface area contributed by atoms with Crippen LogP contribution in [0.5, 0.6) is 0 Å². The molecule has 20 heavy (non-hydrogen) atoms. The Bertz CT molecular complexity index is 616. The Morgan fingerprint density at radius 3 is 2.55 bits per heavy atom. The normalized spacial score (nSPS) is 10.1. The van der Waals surface area contributed by atoms with Crippen molar-refractivity contribution in [3.8, 4) is 0 Å². The van der Waals surface area contributed by atoms with Crippen LogP contribution in [0.3, 0.4) is 0 Å². The first-order valence-electron chi connectivity index (χ1n) is 5.99. The number of rotatable bonds is 4. The second-order valence-corrected chi connectivity index (χ2v) is 4.19. The van der Waals surface area contributed by atoms with Gasteiger partial charge < -0.3 is 14.6 Å². The number of nitrogens with one attached hydrogen (secondary N) is 1. The van der Waals surface area contributed by atoms with Crippen LogP contribution in [0, 0.1) is 6.92 Å². The molecule has 0 aliphatic rings. The van der Waals surface area contributed by atoms with Gasteiger partial charge in [0.2, 0.25) is 0 Å². The monoisotopic (exact) mass is 274 g/mol. The summed E-state index contributed by atoms with van der Waals surface area (Å²) in [6.45, 7) is 2.06. The summed E-state index contributed by atoms with van der Waals surface area (Å²) >= 11 is 0. The molecule has 0 aliphatic heterocycles. The van der Waals surface area contributed by atoms with Gasteiger partial charge in [-0.2, -0.15) is 0 Å². The Balaban J connectivity index is 1.94. The van der Waals surface area contributed by atoms with Crippen LogP contribution >= 0.6 is 0 Å². The van der Waals surface area contributed by atoms with Crippen LogP contribution in [0.4, 0.5) is 0 Å². The molecular formula is C14H14N2O4. The molecule has 0 unspecified atom stereocenters. The largest absolute Gasteiger partial charge is 0.465 e. The Morgan fingerprint density at radius 1 is 1.30 bits per heavy atom. The van der Waals surface area contributed by atoms with Gasteiger partial charge in [-0.25, -0.2) is 4.79 Å². The third-order valence-electron chi connectivity index (χ3n) is 2.69. The zero-order valence-electron chi connectivity index (χ0n) is 11.2. The molecule has 1 amide bonds. The van der Waals surface area contributed by atoms with E-state index in [1.54, 1.807) is 37.3 Å².